The Balaban J connectivity index is 2.24. The first-order chi connectivity index (χ1) is 9.35. The Labute approximate surface area is 121 Å². The topological polar surface area (TPSA) is 35.6 Å². The fourth-order valence-corrected chi connectivity index (χ4v) is 2.64. The smallest absolute Gasteiger partial charge is 0.256 e. The standard InChI is InChI=1S/C16H25N3O/c1-12-6-7-13(14(10-12)17-4)15(20)19-9-8-18(5)16(2,3)11-19/h6-7,10,17H,8-9,11H2,1-5H3. The number of carbonyl (C=O) groups excluding carboxylic acids is 1. The molecule has 1 aliphatic rings. The van der Waals surface area contributed by atoms with Crippen molar-refractivity contribution in [2.75, 3.05) is 39.0 Å². The molecule has 1 heterocycles. The highest BCUT2D eigenvalue weighted by atomic mass is 16.2. The number of likely N-dealkylation sites (N-methyl/N-ethyl adjacent to an activating group) is 1. The Morgan fingerprint density at radius 2 is 2.00 bits per heavy atom. The number of carbonyl (C=O) groups is 1. The maximum Gasteiger partial charge on any atom is 0.256 e. The van der Waals surface area contributed by atoms with E-state index in [2.05, 4.69) is 31.1 Å². The van der Waals surface area contributed by atoms with Crippen molar-refractivity contribution in [2.45, 2.75) is 26.3 Å². The molecule has 0 saturated carbocycles. The number of aryl methyl sites for hydroxylation is 1. The summed E-state index contributed by atoms with van der Waals surface area (Å²) in [6, 6.07) is 5.94. The Morgan fingerprint density at radius 3 is 2.60 bits per heavy atom. The van der Waals surface area contributed by atoms with Gasteiger partial charge in [0.1, 0.15) is 0 Å². The van der Waals surface area contributed by atoms with E-state index in [0.717, 1.165) is 36.4 Å². The van der Waals surface area contributed by atoms with Crippen LogP contribution in [0.15, 0.2) is 18.2 Å². The molecule has 1 aliphatic heterocycles. The Hall–Kier alpha value is -1.55. The van der Waals surface area contributed by atoms with E-state index in [-0.39, 0.29) is 11.4 Å². The number of nitrogens with zero attached hydrogens (tertiary/aromatic N) is 2. The maximum absolute atomic E-state index is 12.8. The minimum Gasteiger partial charge on any atom is -0.387 e. The second kappa shape index (κ2) is 5.44. The number of hydrogen-bond donors (Lipinski definition) is 1. The van der Waals surface area contributed by atoms with Gasteiger partial charge in [-0.1, -0.05) is 6.07 Å². The molecule has 1 saturated heterocycles. The van der Waals surface area contributed by atoms with Crippen LogP contribution in [0.5, 0.6) is 0 Å². The molecule has 1 aromatic carbocycles. The van der Waals surface area contributed by atoms with Gasteiger partial charge in [-0.05, 0) is 45.5 Å². The molecule has 4 nitrogen and oxygen atoms in total. The SMILES string of the molecule is CNc1cc(C)ccc1C(=O)N1CCN(C)C(C)(C)C1. The van der Waals surface area contributed by atoms with Gasteiger partial charge in [0.25, 0.3) is 5.91 Å². The van der Waals surface area contributed by atoms with Crippen LogP contribution in [-0.2, 0) is 0 Å². The second-order valence-corrected chi connectivity index (χ2v) is 6.26. The van der Waals surface area contributed by atoms with Gasteiger partial charge >= 0.3 is 0 Å². The first kappa shape index (κ1) is 14.9. The van der Waals surface area contributed by atoms with Crippen molar-refractivity contribution < 1.29 is 4.79 Å². The number of amides is 1. The van der Waals surface area contributed by atoms with Crippen molar-refractivity contribution in [3.63, 3.8) is 0 Å². The number of rotatable bonds is 2. The predicted octanol–water partition coefficient (Wildman–Crippen LogP) is 2.20. The van der Waals surface area contributed by atoms with Crippen molar-refractivity contribution >= 4 is 11.6 Å². The molecule has 20 heavy (non-hydrogen) atoms. The normalized spacial score (nSPS) is 18.9. The molecule has 1 amide bonds. The van der Waals surface area contributed by atoms with Gasteiger partial charge in [0.2, 0.25) is 0 Å². The van der Waals surface area contributed by atoms with Crippen molar-refractivity contribution in [2.24, 2.45) is 0 Å². The molecular formula is C16H25N3O. The van der Waals surface area contributed by atoms with E-state index in [1.54, 1.807) is 0 Å². The molecule has 1 aromatic rings. The van der Waals surface area contributed by atoms with E-state index in [9.17, 15) is 4.79 Å². The van der Waals surface area contributed by atoms with E-state index >= 15 is 0 Å². The van der Waals surface area contributed by atoms with Crippen LogP contribution in [0.2, 0.25) is 0 Å². The molecule has 0 radical (unpaired) electrons. The number of nitrogens with one attached hydrogen (secondary N) is 1. The largest absolute Gasteiger partial charge is 0.387 e. The minimum atomic E-state index is 0.0262. The highest BCUT2D eigenvalue weighted by Crippen LogP contribution is 2.24. The number of benzene rings is 1. The number of anilines is 1. The zero-order chi connectivity index (χ0) is 14.9. The summed E-state index contributed by atoms with van der Waals surface area (Å²) in [5.41, 5.74) is 2.85. The van der Waals surface area contributed by atoms with Crippen molar-refractivity contribution in [1.29, 1.82) is 0 Å². The first-order valence-corrected chi connectivity index (χ1v) is 7.14. The number of piperazine rings is 1. The van der Waals surface area contributed by atoms with Crippen LogP contribution >= 0.6 is 0 Å². The van der Waals surface area contributed by atoms with Gasteiger partial charge in [0.05, 0.1) is 5.56 Å². The van der Waals surface area contributed by atoms with Gasteiger partial charge < -0.3 is 10.2 Å². The summed E-state index contributed by atoms with van der Waals surface area (Å²) < 4.78 is 0. The fourth-order valence-electron chi connectivity index (χ4n) is 2.64. The van der Waals surface area contributed by atoms with Crippen LogP contribution in [0.25, 0.3) is 0 Å². The first-order valence-electron chi connectivity index (χ1n) is 7.14. The van der Waals surface area contributed by atoms with E-state index in [1.165, 1.54) is 0 Å². The highest BCUT2D eigenvalue weighted by molar-refractivity contribution is 5.99. The molecule has 110 valence electrons. The molecule has 0 unspecified atom stereocenters. The van der Waals surface area contributed by atoms with Crippen LogP contribution in [0.4, 0.5) is 5.69 Å². The van der Waals surface area contributed by atoms with Crippen molar-refractivity contribution in [1.82, 2.24) is 9.80 Å². The lowest BCUT2D eigenvalue weighted by atomic mass is 9.98. The minimum absolute atomic E-state index is 0.0262. The average Bonchev–Trinajstić information content (AvgIpc) is 2.40. The predicted molar refractivity (Wildman–Crippen MR) is 83.3 cm³/mol. The summed E-state index contributed by atoms with van der Waals surface area (Å²) in [5.74, 6) is 0.121. The molecule has 4 heteroatoms. The van der Waals surface area contributed by atoms with Crippen LogP contribution in [0, 0.1) is 6.92 Å². The van der Waals surface area contributed by atoms with Gasteiger partial charge in [-0.3, -0.25) is 9.69 Å². The van der Waals surface area contributed by atoms with Gasteiger partial charge in [0.15, 0.2) is 0 Å². The molecular weight excluding hydrogens is 250 g/mol. The van der Waals surface area contributed by atoms with Gasteiger partial charge in [0, 0.05) is 37.9 Å². The Kier molecular flexibility index (Phi) is 4.04. The van der Waals surface area contributed by atoms with E-state index in [4.69, 9.17) is 0 Å². The lowest BCUT2D eigenvalue weighted by molar-refractivity contribution is 0.0312. The summed E-state index contributed by atoms with van der Waals surface area (Å²) in [6.45, 7) is 8.86. The second-order valence-electron chi connectivity index (χ2n) is 6.26. The molecule has 1 fully saturated rings. The van der Waals surface area contributed by atoms with Crippen LogP contribution in [-0.4, -0.2) is 55.0 Å². The highest BCUT2D eigenvalue weighted by Gasteiger charge is 2.33. The quantitative estimate of drug-likeness (QED) is 0.899. The molecule has 0 spiro atoms. The monoisotopic (exact) mass is 275 g/mol. The summed E-state index contributed by atoms with van der Waals surface area (Å²) in [7, 11) is 3.98. The van der Waals surface area contributed by atoms with E-state index < -0.39 is 0 Å². The van der Waals surface area contributed by atoms with Gasteiger partial charge in [-0.25, -0.2) is 0 Å². The van der Waals surface area contributed by atoms with Crippen LogP contribution in [0.3, 0.4) is 0 Å². The van der Waals surface area contributed by atoms with Crippen LogP contribution < -0.4 is 5.32 Å². The number of hydrogen-bond acceptors (Lipinski definition) is 3. The summed E-state index contributed by atoms with van der Waals surface area (Å²) in [6.07, 6.45) is 0. The molecule has 0 aromatic heterocycles. The third kappa shape index (κ3) is 2.80. The average molecular weight is 275 g/mol. The molecule has 1 N–H and O–H groups in total. The fraction of sp³-hybridized carbons (Fsp3) is 0.562. The molecule has 2 rings (SSSR count). The lowest BCUT2D eigenvalue weighted by Crippen LogP contribution is -2.58. The third-order valence-electron chi connectivity index (χ3n) is 4.28. The van der Waals surface area contributed by atoms with Crippen molar-refractivity contribution in [3.8, 4) is 0 Å². The zero-order valence-electron chi connectivity index (χ0n) is 13.2. The lowest BCUT2D eigenvalue weighted by Gasteiger charge is -2.45. The Morgan fingerprint density at radius 1 is 1.30 bits per heavy atom. The Bertz CT molecular complexity index is 510. The summed E-state index contributed by atoms with van der Waals surface area (Å²) in [5, 5.41) is 3.13. The maximum atomic E-state index is 12.8. The van der Waals surface area contributed by atoms with Crippen molar-refractivity contribution in [3.05, 3.63) is 29.3 Å². The zero-order valence-corrected chi connectivity index (χ0v) is 13.2. The van der Waals surface area contributed by atoms with E-state index in [0.29, 0.717) is 0 Å². The molecule has 0 atom stereocenters. The summed E-state index contributed by atoms with van der Waals surface area (Å²) >= 11 is 0. The van der Waals surface area contributed by atoms with E-state index in [1.807, 2.05) is 37.1 Å². The van der Waals surface area contributed by atoms with Crippen LogP contribution in [0.1, 0.15) is 29.8 Å². The third-order valence-corrected chi connectivity index (χ3v) is 4.28. The van der Waals surface area contributed by atoms with Gasteiger partial charge in [-0.2, -0.15) is 0 Å². The summed E-state index contributed by atoms with van der Waals surface area (Å²) in [4.78, 5) is 17.0. The molecule has 0 aliphatic carbocycles. The van der Waals surface area contributed by atoms with Gasteiger partial charge in [-0.15, -0.1) is 0 Å². The molecule has 0 bridgehead atoms.